The summed E-state index contributed by atoms with van der Waals surface area (Å²) in [6.45, 7) is 1.69. The van der Waals surface area contributed by atoms with E-state index < -0.39 is 6.10 Å². The number of fused-ring (bicyclic) bond motifs is 1. The molecule has 130 valence electrons. The molecule has 1 aliphatic heterocycles. The van der Waals surface area contributed by atoms with E-state index in [0.29, 0.717) is 33.7 Å². The van der Waals surface area contributed by atoms with Crippen LogP contribution in [0.5, 0.6) is 5.75 Å². The Morgan fingerprint density at radius 3 is 2.96 bits per heavy atom. The van der Waals surface area contributed by atoms with Crippen LogP contribution in [0, 0.1) is 0 Å². The van der Waals surface area contributed by atoms with Crippen molar-refractivity contribution in [2.75, 3.05) is 16.4 Å². The second kappa shape index (κ2) is 7.80. The van der Waals surface area contributed by atoms with Crippen LogP contribution in [0.15, 0.2) is 42.5 Å². The number of amides is 2. The van der Waals surface area contributed by atoms with Crippen molar-refractivity contribution in [2.45, 2.75) is 18.8 Å². The second-order valence-corrected chi connectivity index (χ2v) is 7.05. The van der Waals surface area contributed by atoms with E-state index in [1.807, 2.05) is 24.3 Å². The molecule has 1 atom stereocenters. The highest BCUT2D eigenvalue weighted by atomic mass is 35.5. The third kappa shape index (κ3) is 4.67. The van der Waals surface area contributed by atoms with Crippen molar-refractivity contribution in [3.8, 4) is 5.75 Å². The first-order valence-electron chi connectivity index (χ1n) is 7.75. The molecule has 1 heterocycles. The number of carbonyl (C=O) groups excluding carboxylic acids is 2. The smallest absolute Gasteiger partial charge is 0.265 e. The van der Waals surface area contributed by atoms with Gasteiger partial charge in [-0.2, -0.15) is 0 Å². The Hall–Kier alpha value is -2.18. The van der Waals surface area contributed by atoms with E-state index >= 15 is 0 Å². The van der Waals surface area contributed by atoms with Crippen LogP contribution >= 0.6 is 23.4 Å². The first kappa shape index (κ1) is 17.6. The Labute approximate surface area is 155 Å². The minimum atomic E-state index is -0.518. The fourth-order valence-corrected chi connectivity index (χ4v) is 3.36. The van der Waals surface area contributed by atoms with Crippen molar-refractivity contribution >= 4 is 46.6 Å². The number of hydrogen-bond acceptors (Lipinski definition) is 4. The third-order valence-electron chi connectivity index (χ3n) is 3.59. The summed E-state index contributed by atoms with van der Waals surface area (Å²) in [6.07, 6.45) is -0.518. The van der Waals surface area contributed by atoms with Gasteiger partial charge in [-0.05, 0) is 42.8 Å². The minimum absolute atomic E-state index is 0.108. The molecular formula is C18H17ClN2O3S. The van der Waals surface area contributed by atoms with Crippen LogP contribution in [0.3, 0.4) is 0 Å². The molecule has 0 aliphatic carbocycles. The molecule has 0 bridgehead atoms. The average molecular weight is 377 g/mol. The number of carbonyl (C=O) groups is 2. The molecular weight excluding hydrogens is 360 g/mol. The molecule has 0 unspecified atom stereocenters. The number of anilines is 2. The lowest BCUT2D eigenvalue weighted by Crippen LogP contribution is -2.34. The zero-order valence-corrected chi connectivity index (χ0v) is 15.1. The van der Waals surface area contributed by atoms with E-state index in [9.17, 15) is 9.59 Å². The molecule has 25 heavy (non-hydrogen) atoms. The summed E-state index contributed by atoms with van der Waals surface area (Å²) >= 11 is 7.45. The van der Waals surface area contributed by atoms with Crippen molar-refractivity contribution in [1.29, 1.82) is 0 Å². The van der Waals surface area contributed by atoms with E-state index in [1.165, 1.54) is 11.8 Å². The maximum atomic E-state index is 12.1. The van der Waals surface area contributed by atoms with E-state index in [4.69, 9.17) is 16.3 Å². The number of benzene rings is 2. The lowest BCUT2D eigenvalue weighted by molar-refractivity contribution is -0.122. The molecule has 0 radical (unpaired) electrons. The van der Waals surface area contributed by atoms with Gasteiger partial charge in [-0.25, -0.2) is 0 Å². The van der Waals surface area contributed by atoms with Gasteiger partial charge in [0.1, 0.15) is 5.75 Å². The van der Waals surface area contributed by atoms with Crippen molar-refractivity contribution in [1.82, 2.24) is 0 Å². The Kier molecular flexibility index (Phi) is 5.50. The SMILES string of the molecule is C[C@H]1Oc2ccc(NC(=O)CSCc3cccc(Cl)c3)cc2NC1=O. The molecule has 0 fully saturated rings. The summed E-state index contributed by atoms with van der Waals surface area (Å²) in [5.41, 5.74) is 2.26. The molecule has 0 saturated carbocycles. The summed E-state index contributed by atoms with van der Waals surface area (Å²) in [6, 6.07) is 12.8. The Bertz CT molecular complexity index is 813. The second-order valence-electron chi connectivity index (χ2n) is 5.63. The lowest BCUT2D eigenvalue weighted by Gasteiger charge is -2.23. The van der Waals surface area contributed by atoms with Crippen LogP contribution in [0.2, 0.25) is 5.02 Å². The van der Waals surface area contributed by atoms with Crippen LogP contribution in [0.1, 0.15) is 12.5 Å². The van der Waals surface area contributed by atoms with Crippen molar-refractivity contribution < 1.29 is 14.3 Å². The molecule has 0 saturated heterocycles. The van der Waals surface area contributed by atoms with Crippen molar-refractivity contribution in [3.63, 3.8) is 0 Å². The average Bonchev–Trinajstić information content (AvgIpc) is 2.56. The van der Waals surface area contributed by atoms with Crippen molar-refractivity contribution in [2.24, 2.45) is 0 Å². The Balaban J connectivity index is 1.53. The van der Waals surface area contributed by atoms with Gasteiger partial charge in [0.25, 0.3) is 5.91 Å². The van der Waals surface area contributed by atoms with Crippen LogP contribution in [0.25, 0.3) is 0 Å². The fraction of sp³-hybridized carbons (Fsp3) is 0.222. The molecule has 2 N–H and O–H groups in total. The van der Waals surface area contributed by atoms with Gasteiger partial charge in [0, 0.05) is 16.5 Å². The molecule has 2 amide bonds. The minimum Gasteiger partial charge on any atom is -0.479 e. The van der Waals surface area contributed by atoms with E-state index in [0.717, 1.165) is 5.56 Å². The summed E-state index contributed by atoms with van der Waals surface area (Å²) in [4.78, 5) is 23.7. The third-order valence-corrected chi connectivity index (χ3v) is 4.82. The van der Waals surface area contributed by atoms with Gasteiger partial charge in [0.15, 0.2) is 6.10 Å². The number of ether oxygens (including phenoxy) is 1. The monoisotopic (exact) mass is 376 g/mol. The summed E-state index contributed by atoms with van der Waals surface area (Å²) < 4.78 is 5.49. The number of hydrogen-bond donors (Lipinski definition) is 2. The molecule has 2 aromatic carbocycles. The topological polar surface area (TPSA) is 67.4 Å². The maximum absolute atomic E-state index is 12.1. The normalized spacial score (nSPS) is 15.8. The molecule has 1 aliphatic rings. The molecule has 0 aromatic heterocycles. The molecule has 3 rings (SSSR count). The maximum Gasteiger partial charge on any atom is 0.265 e. The van der Waals surface area contributed by atoms with Gasteiger partial charge < -0.3 is 15.4 Å². The van der Waals surface area contributed by atoms with Gasteiger partial charge in [-0.15, -0.1) is 11.8 Å². The highest BCUT2D eigenvalue weighted by molar-refractivity contribution is 7.99. The van der Waals surface area contributed by atoms with Crippen LogP contribution < -0.4 is 15.4 Å². The summed E-state index contributed by atoms with van der Waals surface area (Å²) in [7, 11) is 0. The predicted molar refractivity (Wildman–Crippen MR) is 101 cm³/mol. The Morgan fingerprint density at radius 1 is 1.32 bits per heavy atom. The Morgan fingerprint density at radius 2 is 2.16 bits per heavy atom. The fourth-order valence-electron chi connectivity index (χ4n) is 2.37. The summed E-state index contributed by atoms with van der Waals surface area (Å²) in [5, 5.41) is 6.27. The highest BCUT2D eigenvalue weighted by Gasteiger charge is 2.23. The van der Waals surface area contributed by atoms with E-state index in [-0.39, 0.29) is 11.8 Å². The van der Waals surface area contributed by atoms with E-state index in [1.54, 1.807) is 25.1 Å². The van der Waals surface area contributed by atoms with Crippen LogP contribution in [-0.4, -0.2) is 23.7 Å². The molecule has 7 heteroatoms. The first-order chi connectivity index (χ1) is 12.0. The zero-order chi connectivity index (χ0) is 17.8. The summed E-state index contributed by atoms with van der Waals surface area (Å²) in [5.74, 6) is 1.32. The van der Waals surface area contributed by atoms with E-state index in [2.05, 4.69) is 10.6 Å². The predicted octanol–water partition coefficient (Wildman–Crippen LogP) is 3.93. The van der Waals surface area contributed by atoms with Gasteiger partial charge >= 0.3 is 0 Å². The van der Waals surface area contributed by atoms with Crippen LogP contribution in [0.4, 0.5) is 11.4 Å². The molecule has 0 spiro atoms. The van der Waals surface area contributed by atoms with Gasteiger partial charge in [-0.3, -0.25) is 9.59 Å². The van der Waals surface area contributed by atoms with Gasteiger partial charge in [0.2, 0.25) is 5.91 Å². The molecule has 2 aromatic rings. The number of halogens is 1. The van der Waals surface area contributed by atoms with Gasteiger partial charge in [-0.1, -0.05) is 23.7 Å². The van der Waals surface area contributed by atoms with Gasteiger partial charge in [0.05, 0.1) is 11.4 Å². The highest BCUT2D eigenvalue weighted by Crippen LogP contribution is 2.32. The quantitative estimate of drug-likeness (QED) is 0.829. The largest absolute Gasteiger partial charge is 0.479 e. The van der Waals surface area contributed by atoms with Crippen LogP contribution in [-0.2, 0) is 15.3 Å². The molecule has 5 nitrogen and oxygen atoms in total. The standard InChI is InChI=1S/C18H17ClN2O3S/c1-11-18(23)21-15-8-14(5-6-16(15)24-11)20-17(22)10-25-9-12-3-2-4-13(19)7-12/h2-8,11H,9-10H2,1H3,(H,20,22)(H,21,23)/t11-/m1/s1. The lowest BCUT2D eigenvalue weighted by atomic mass is 10.2. The first-order valence-corrected chi connectivity index (χ1v) is 9.28. The number of nitrogens with one attached hydrogen (secondary N) is 2. The number of thioether (sulfide) groups is 1. The van der Waals surface area contributed by atoms with Crippen molar-refractivity contribution in [3.05, 3.63) is 53.1 Å². The number of rotatable bonds is 5. The zero-order valence-electron chi connectivity index (χ0n) is 13.5.